The molecule has 5 heteroatoms. The van der Waals surface area contributed by atoms with E-state index in [0.717, 1.165) is 0 Å². The first-order chi connectivity index (χ1) is 11.0. The van der Waals surface area contributed by atoms with Crippen LogP contribution < -0.4 is 4.74 Å². The molecular weight excluding hydrogens is 316 g/mol. The third-order valence-electron chi connectivity index (χ3n) is 3.04. The van der Waals surface area contributed by atoms with Crippen LogP contribution in [0.4, 0.5) is 0 Å². The first-order valence-electron chi connectivity index (χ1n) is 6.84. The van der Waals surface area contributed by atoms with Crippen LogP contribution >= 0.6 is 11.6 Å². The van der Waals surface area contributed by atoms with E-state index in [0.29, 0.717) is 21.9 Å². The molecule has 0 N–H and O–H groups in total. The van der Waals surface area contributed by atoms with Gasteiger partial charge >= 0.3 is 5.97 Å². The molecule has 0 aliphatic carbocycles. The Morgan fingerprint density at radius 3 is 2.09 bits per heavy atom. The molecule has 0 aliphatic rings. The Labute approximate surface area is 139 Å². The molecule has 2 aromatic carbocycles. The third kappa shape index (κ3) is 4.69. The van der Waals surface area contributed by atoms with E-state index in [2.05, 4.69) is 0 Å². The van der Waals surface area contributed by atoms with Gasteiger partial charge in [0.1, 0.15) is 11.5 Å². The maximum Gasteiger partial charge on any atom is 0.343 e. The quantitative estimate of drug-likeness (QED) is 0.355. The van der Waals surface area contributed by atoms with E-state index >= 15 is 0 Å². The number of esters is 1. The molecule has 0 aromatic heterocycles. The second kappa shape index (κ2) is 7.61. The lowest BCUT2D eigenvalue weighted by Crippen LogP contribution is -2.05. The first kappa shape index (κ1) is 16.8. The lowest BCUT2D eigenvalue weighted by Gasteiger charge is -2.05. The van der Waals surface area contributed by atoms with E-state index < -0.39 is 5.97 Å². The number of carbonyl (C=O) groups is 2. The highest BCUT2D eigenvalue weighted by Gasteiger charge is 2.10. The van der Waals surface area contributed by atoms with Crippen molar-refractivity contribution in [2.24, 2.45) is 0 Å². The lowest BCUT2D eigenvalue weighted by atomic mass is 10.1. The Hall–Kier alpha value is -2.59. The van der Waals surface area contributed by atoms with Crippen LogP contribution in [0.2, 0.25) is 5.02 Å². The van der Waals surface area contributed by atoms with Gasteiger partial charge < -0.3 is 9.47 Å². The highest BCUT2D eigenvalue weighted by Crippen LogP contribution is 2.14. The van der Waals surface area contributed by atoms with Gasteiger partial charge in [0.15, 0.2) is 5.78 Å². The fraction of sp³-hybridized carbons (Fsp3) is 0.111. The summed E-state index contributed by atoms with van der Waals surface area (Å²) in [5.74, 6) is 0.0597. The summed E-state index contributed by atoms with van der Waals surface area (Å²) in [5, 5.41) is 0.549. The van der Waals surface area contributed by atoms with Crippen molar-refractivity contribution in [2.75, 3.05) is 7.11 Å². The number of benzene rings is 2. The summed E-state index contributed by atoms with van der Waals surface area (Å²) in [4.78, 5) is 24.0. The van der Waals surface area contributed by atoms with E-state index in [-0.39, 0.29) is 11.5 Å². The second-order valence-corrected chi connectivity index (χ2v) is 5.18. The number of methoxy groups -OCH3 is 1. The minimum Gasteiger partial charge on any atom is -0.497 e. The van der Waals surface area contributed by atoms with Crippen molar-refractivity contribution in [3.63, 3.8) is 0 Å². The van der Waals surface area contributed by atoms with Gasteiger partial charge in [0.2, 0.25) is 0 Å². The average Bonchev–Trinajstić information content (AvgIpc) is 2.55. The van der Waals surface area contributed by atoms with Crippen molar-refractivity contribution in [2.45, 2.75) is 6.92 Å². The molecule has 0 saturated carbocycles. The first-order valence-corrected chi connectivity index (χ1v) is 7.22. The molecule has 4 nitrogen and oxygen atoms in total. The standard InChI is InChI=1S/C18H15ClO4/c1-12(11-17(20)13-3-7-15(19)8-4-13)23-18(21)14-5-9-16(22-2)10-6-14/h3-11H,1-2H3. The number of hydrogen-bond acceptors (Lipinski definition) is 4. The monoisotopic (exact) mass is 330 g/mol. The predicted molar refractivity (Wildman–Crippen MR) is 87.9 cm³/mol. The number of ether oxygens (including phenoxy) is 2. The van der Waals surface area contributed by atoms with Crippen LogP contribution in [0, 0.1) is 0 Å². The average molecular weight is 331 g/mol. The largest absolute Gasteiger partial charge is 0.497 e. The number of rotatable bonds is 5. The minimum absolute atomic E-state index is 0.214. The zero-order chi connectivity index (χ0) is 16.8. The van der Waals surface area contributed by atoms with Crippen molar-refractivity contribution < 1.29 is 19.1 Å². The minimum atomic E-state index is -0.537. The van der Waals surface area contributed by atoms with Crippen LogP contribution in [-0.4, -0.2) is 18.9 Å². The molecule has 0 atom stereocenters. The highest BCUT2D eigenvalue weighted by molar-refractivity contribution is 6.30. The predicted octanol–water partition coefficient (Wildman–Crippen LogP) is 4.29. The molecule has 0 unspecified atom stereocenters. The Morgan fingerprint density at radius 2 is 1.52 bits per heavy atom. The molecule has 0 bridgehead atoms. The summed E-state index contributed by atoms with van der Waals surface area (Å²) in [6, 6.07) is 13.0. The van der Waals surface area contributed by atoms with Crippen molar-refractivity contribution in [1.29, 1.82) is 0 Å². The van der Waals surface area contributed by atoms with Gasteiger partial charge in [-0.25, -0.2) is 4.79 Å². The molecule has 118 valence electrons. The van der Waals surface area contributed by atoms with Gasteiger partial charge in [-0.3, -0.25) is 4.79 Å². The van der Waals surface area contributed by atoms with Gasteiger partial charge in [0, 0.05) is 16.7 Å². The van der Waals surface area contributed by atoms with E-state index in [4.69, 9.17) is 21.1 Å². The van der Waals surface area contributed by atoms with Crippen molar-refractivity contribution in [3.05, 3.63) is 76.5 Å². The van der Waals surface area contributed by atoms with Gasteiger partial charge in [-0.1, -0.05) is 11.6 Å². The number of halogens is 1. The van der Waals surface area contributed by atoms with Crippen LogP contribution in [0.3, 0.4) is 0 Å². The summed E-state index contributed by atoms with van der Waals surface area (Å²) in [7, 11) is 1.54. The molecular formula is C18H15ClO4. The third-order valence-corrected chi connectivity index (χ3v) is 3.29. The van der Waals surface area contributed by atoms with Crippen LogP contribution in [0.1, 0.15) is 27.6 Å². The van der Waals surface area contributed by atoms with Gasteiger partial charge in [-0.15, -0.1) is 0 Å². The maximum atomic E-state index is 12.0. The van der Waals surface area contributed by atoms with E-state index in [1.54, 1.807) is 62.6 Å². The van der Waals surface area contributed by atoms with E-state index in [1.165, 1.54) is 6.08 Å². The van der Waals surface area contributed by atoms with E-state index in [9.17, 15) is 9.59 Å². The summed E-state index contributed by atoms with van der Waals surface area (Å²) < 4.78 is 10.2. The molecule has 2 rings (SSSR count). The zero-order valence-corrected chi connectivity index (χ0v) is 13.5. The normalized spacial score (nSPS) is 11.0. The van der Waals surface area contributed by atoms with Crippen molar-refractivity contribution >= 4 is 23.4 Å². The summed E-state index contributed by atoms with van der Waals surface area (Å²) >= 11 is 5.78. The zero-order valence-electron chi connectivity index (χ0n) is 12.7. The Bertz CT molecular complexity index is 731. The molecule has 2 aromatic rings. The molecule has 0 heterocycles. The molecule has 0 fully saturated rings. The topological polar surface area (TPSA) is 52.6 Å². The Balaban J connectivity index is 2.04. The van der Waals surface area contributed by atoms with Gasteiger partial charge in [0.25, 0.3) is 0 Å². The van der Waals surface area contributed by atoms with Crippen LogP contribution in [-0.2, 0) is 4.74 Å². The molecule has 0 radical (unpaired) electrons. The van der Waals surface area contributed by atoms with Crippen LogP contribution in [0.25, 0.3) is 0 Å². The fourth-order valence-electron chi connectivity index (χ4n) is 1.84. The van der Waals surface area contributed by atoms with Crippen LogP contribution in [0.5, 0.6) is 5.75 Å². The van der Waals surface area contributed by atoms with Crippen molar-refractivity contribution in [1.82, 2.24) is 0 Å². The SMILES string of the molecule is COc1ccc(C(=O)OC(C)=CC(=O)c2ccc(Cl)cc2)cc1. The number of hydrogen-bond donors (Lipinski definition) is 0. The smallest absolute Gasteiger partial charge is 0.343 e. The molecule has 23 heavy (non-hydrogen) atoms. The second-order valence-electron chi connectivity index (χ2n) is 4.74. The number of ketones is 1. The maximum absolute atomic E-state index is 12.0. The van der Waals surface area contributed by atoms with Crippen LogP contribution in [0.15, 0.2) is 60.4 Å². The molecule has 0 amide bonds. The van der Waals surface area contributed by atoms with Crippen molar-refractivity contribution in [3.8, 4) is 5.75 Å². The Morgan fingerprint density at radius 1 is 0.957 bits per heavy atom. The summed E-state index contributed by atoms with van der Waals surface area (Å²) in [5.41, 5.74) is 0.840. The number of allylic oxidation sites excluding steroid dienone is 2. The highest BCUT2D eigenvalue weighted by atomic mass is 35.5. The lowest BCUT2D eigenvalue weighted by molar-refractivity contribution is 0.0625. The molecule has 0 spiro atoms. The van der Waals surface area contributed by atoms with Gasteiger partial charge in [-0.05, 0) is 55.5 Å². The molecule has 0 saturated heterocycles. The van der Waals surface area contributed by atoms with Gasteiger partial charge in [-0.2, -0.15) is 0 Å². The summed E-state index contributed by atoms with van der Waals surface area (Å²) in [6.07, 6.45) is 1.27. The number of carbonyl (C=O) groups excluding carboxylic acids is 2. The van der Waals surface area contributed by atoms with E-state index in [1.807, 2.05) is 0 Å². The Kier molecular flexibility index (Phi) is 5.55. The summed E-state index contributed by atoms with van der Waals surface area (Å²) in [6.45, 7) is 1.55. The van der Waals surface area contributed by atoms with Gasteiger partial charge in [0.05, 0.1) is 12.7 Å². The molecule has 0 aliphatic heterocycles. The fourth-order valence-corrected chi connectivity index (χ4v) is 1.97.